The zero-order valence-corrected chi connectivity index (χ0v) is 19.5. The molecule has 2 bridgehead atoms. The van der Waals surface area contributed by atoms with Crippen LogP contribution in [0.3, 0.4) is 0 Å². The van der Waals surface area contributed by atoms with Crippen molar-refractivity contribution in [3.05, 3.63) is 62.1 Å². The molecule has 1 N–H and O–H groups in total. The predicted molar refractivity (Wildman–Crippen MR) is 126 cm³/mol. The van der Waals surface area contributed by atoms with E-state index in [0.717, 1.165) is 18.7 Å². The number of nitro benzene ring substituents is 1. The second-order valence-corrected chi connectivity index (χ2v) is 9.37. The van der Waals surface area contributed by atoms with Gasteiger partial charge in [-0.1, -0.05) is 29.3 Å². The van der Waals surface area contributed by atoms with Gasteiger partial charge in [0, 0.05) is 44.4 Å². The fraction of sp³-hybridized carbons (Fsp3) is 0.455. The maximum atomic E-state index is 10.8. The number of nitrogens with zero attached hydrogens (tertiary/aromatic N) is 5. The quantitative estimate of drug-likeness (QED) is 0.247. The number of non-ortho nitro benzene ring substituents is 1. The Morgan fingerprint density at radius 1 is 1.06 bits per heavy atom. The predicted octanol–water partition coefficient (Wildman–Crippen LogP) is 5.11. The Kier molecular flexibility index (Phi) is 7.07. The van der Waals surface area contributed by atoms with Crippen LogP contribution in [0.5, 0.6) is 0 Å². The van der Waals surface area contributed by atoms with E-state index in [9.17, 15) is 10.1 Å². The maximum Gasteiger partial charge on any atom is 0.271 e. The highest BCUT2D eigenvalue weighted by Crippen LogP contribution is 2.33. The van der Waals surface area contributed by atoms with Crippen LogP contribution in [-0.4, -0.2) is 66.7 Å². The number of azo groups is 1. The number of piperazine rings is 3. The van der Waals surface area contributed by atoms with E-state index < -0.39 is 4.92 Å². The number of rotatable bonds is 8. The summed E-state index contributed by atoms with van der Waals surface area (Å²) >= 11 is 12.5. The van der Waals surface area contributed by atoms with Gasteiger partial charge in [0.2, 0.25) is 0 Å². The Morgan fingerprint density at radius 3 is 2.22 bits per heavy atom. The molecule has 3 aliphatic rings. The van der Waals surface area contributed by atoms with Gasteiger partial charge in [-0.15, -0.1) is 10.2 Å². The summed E-state index contributed by atoms with van der Waals surface area (Å²) < 4.78 is 1.24. The zero-order valence-electron chi connectivity index (χ0n) is 18.0. The smallest absolute Gasteiger partial charge is 0.271 e. The van der Waals surface area contributed by atoms with Gasteiger partial charge in [0.25, 0.3) is 5.69 Å². The molecule has 3 fully saturated rings. The minimum atomic E-state index is -0.506. The van der Waals surface area contributed by atoms with Gasteiger partial charge in [0.15, 0.2) is 0 Å². The van der Waals surface area contributed by atoms with Crippen LogP contribution in [0.2, 0.25) is 10.0 Å². The van der Waals surface area contributed by atoms with Crippen LogP contribution in [-0.2, 0) is 0 Å². The van der Waals surface area contributed by atoms with E-state index in [0.29, 0.717) is 16.4 Å². The van der Waals surface area contributed by atoms with Crippen LogP contribution in [0.25, 0.3) is 0 Å². The van der Waals surface area contributed by atoms with Crippen LogP contribution < -0.4 is 5.32 Å². The minimum absolute atomic E-state index is 0.0924. The molecule has 1 atom stereocenters. The summed E-state index contributed by atoms with van der Waals surface area (Å²) in [6, 6.07) is 9.94. The zero-order chi connectivity index (χ0) is 22.7. The highest BCUT2D eigenvalue weighted by molar-refractivity contribution is 6.33. The molecule has 0 saturated carbocycles. The molecule has 1 unspecified atom stereocenters. The summed E-state index contributed by atoms with van der Waals surface area (Å²) in [4.78, 5) is 12.9. The first kappa shape index (κ1) is 23.1. The van der Waals surface area contributed by atoms with Gasteiger partial charge in [-0.2, -0.15) is 0 Å². The first-order valence-electron chi connectivity index (χ1n) is 10.8. The molecule has 0 spiro atoms. The van der Waals surface area contributed by atoms with Crippen molar-refractivity contribution in [1.29, 1.82) is 0 Å². The Balaban J connectivity index is 1.35. The van der Waals surface area contributed by atoms with Crippen LogP contribution in [0, 0.1) is 10.1 Å². The highest BCUT2D eigenvalue weighted by Gasteiger charge is 2.37. The number of fused-ring (bicyclic) bond motifs is 3. The van der Waals surface area contributed by atoms with Crippen LogP contribution >= 0.6 is 23.2 Å². The van der Waals surface area contributed by atoms with Crippen molar-refractivity contribution in [1.82, 2.24) is 10.2 Å². The molecule has 3 heterocycles. The van der Waals surface area contributed by atoms with Crippen molar-refractivity contribution < 1.29 is 9.41 Å². The van der Waals surface area contributed by atoms with E-state index in [1.807, 2.05) is 18.2 Å². The summed E-state index contributed by atoms with van der Waals surface area (Å²) in [6.07, 6.45) is 0. The molecule has 2 aromatic carbocycles. The third-order valence-electron chi connectivity index (χ3n) is 6.59. The molecule has 2 aromatic rings. The fourth-order valence-corrected chi connectivity index (χ4v) is 4.81. The molecule has 32 heavy (non-hydrogen) atoms. The molecule has 3 aliphatic heterocycles. The van der Waals surface area contributed by atoms with Crippen molar-refractivity contribution in [2.45, 2.75) is 13.0 Å². The van der Waals surface area contributed by atoms with E-state index in [4.69, 9.17) is 23.2 Å². The van der Waals surface area contributed by atoms with Gasteiger partial charge in [-0.3, -0.25) is 15.0 Å². The van der Waals surface area contributed by atoms with Gasteiger partial charge < -0.3 is 9.80 Å². The lowest BCUT2D eigenvalue weighted by atomic mass is 10.1. The third kappa shape index (κ3) is 5.27. The average molecular weight is 478 g/mol. The summed E-state index contributed by atoms with van der Waals surface area (Å²) in [7, 11) is 0. The van der Waals surface area contributed by atoms with Crippen LogP contribution in [0.15, 0.2) is 46.6 Å². The third-order valence-corrected chi connectivity index (χ3v) is 7.19. The average Bonchev–Trinajstić information content (AvgIpc) is 2.79. The first-order chi connectivity index (χ1) is 15.3. The standard InChI is InChI=1S/C22H27Cl2N6O2/c1-16(25-6-10-30-11-7-28(8-12-30)9-13-30)17-2-4-21(19(23)14-17)26-27-22-5-3-18(29(31)32)15-20(22)24/h2-5,14-16,25H,6-13H2,1H3/q+1. The van der Waals surface area contributed by atoms with Crippen LogP contribution in [0.1, 0.15) is 18.5 Å². The molecule has 0 radical (unpaired) electrons. The lowest BCUT2D eigenvalue weighted by Gasteiger charge is -2.50. The van der Waals surface area contributed by atoms with Crippen molar-refractivity contribution in [3.63, 3.8) is 0 Å². The SMILES string of the molecule is CC(NCC[N+]12CCN(CC1)CC2)c1ccc(N=Nc2ccc([N+](=O)[O-])cc2Cl)c(Cl)c1. The Labute approximate surface area is 197 Å². The second-order valence-electron chi connectivity index (χ2n) is 8.56. The molecule has 0 aliphatic carbocycles. The molecule has 0 amide bonds. The first-order valence-corrected chi connectivity index (χ1v) is 11.6. The van der Waals surface area contributed by atoms with Gasteiger partial charge in [0.05, 0.1) is 41.1 Å². The lowest BCUT2D eigenvalue weighted by Crippen LogP contribution is -2.68. The van der Waals surface area contributed by atoms with E-state index in [-0.39, 0.29) is 16.8 Å². The van der Waals surface area contributed by atoms with E-state index in [1.165, 1.54) is 62.0 Å². The van der Waals surface area contributed by atoms with E-state index >= 15 is 0 Å². The molecule has 10 heteroatoms. The van der Waals surface area contributed by atoms with Crippen LogP contribution in [0.4, 0.5) is 17.1 Å². The lowest BCUT2D eigenvalue weighted by molar-refractivity contribution is -0.939. The van der Waals surface area contributed by atoms with Gasteiger partial charge in [-0.25, -0.2) is 0 Å². The van der Waals surface area contributed by atoms with E-state index in [2.05, 4.69) is 27.4 Å². The summed E-state index contributed by atoms with van der Waals surface area (Å²) in [5.41, 5.74) is 1.86. The van der Waals surface area contributed by atoms with E-state index in [1.54, 1.807) is 0 Å². The Hall–Kier alpha value is -2.10. The van der Waals surface area contributed by atoms with Gasteiger partial charge in [0.1, 0.15) is 11.4 Å². The number of halogens is 2. The van der Waals surface area contributed by atoms with Crippen molar-refractivity contribution in [3.8, 4) is 0 Å². The Morgan fingerprint density at radius 2 is 1.66 bits per heavy atom. The monoisotopic (exact) mass is 477 g/mol. The number of nitro groups is 1. The molecular weight excluding hydrogens is 451 g/mol. The topological polar surface area (TPSA) is 83.1 Å². The maximum absolute atomic E-state index is 10.8. The largest absolute Gasteiger partial charge is 0.319 e. The number of nitrogens with one attached hydrogen (secondary N) is 1. The molecule has 5 rings (SSSR count). The molecule has 0 aromatic heterocycles. The van der Waals surface area contributed by atoms with Crippen molar-refractivity contribution in [2.24, 2.45) is 10.2 Å². The summed E-state index contributed by atoms with van der Waals surface area (Å²) in [5.74, 6) is 0. The van der Waals surface area contributed by atoms with Gasteiger partial charge in [-0.05, 0) is 30.7 Å². The fourth-order valence-electron chi connectivity index (χ4n) is 4.37. The second kappa shape index (κ2) is 9.80. The molecule has 170 valence electrons. The molecular formula is C22H27Cl2N6O2+. The summed E-state index contributed by atoms with van der Waals surface area (Å²) in [5, 5.41) is 23.4. The van der Waals surface area contributed by atoms with Crippen molar-refractivity contribution in [2.75, 3.05) is 52.4 Å². The highest BCUT2D eigenvalue weighted by atomic mass is 35.5. The number of hydrogen-bond acceptors (Lipinski definition) is 6. The van der Waals surface area contributed by atoms with Gasteiger partial charge >= 0.3 is 0 Å². The summed E-state index contributed by atoms with van der Waals surface area (Å²) in [6.45, 7) is 11.7. The normalized spacial score (nSPS) is 23.5. The number of benzene rings is 2. The number of hydrogen-bond donors (Lipinski definition) is 1. The molecule has 3 saturated heterocycles. The van der Waals surface area contributed by atoms with Crippen molar-refractivity contribution >= 4 is 40.3 Å². The molecule has 8 nitrogen and oxygen atoms in total. The number of quaternary nitrogens is 1. The Bertz CT molecular complexity index is 1010. The minimum Gasteiger partial charge on any atom is -0.319 e.